The van der Waals surface area contributed by atoms with Crippen molar-refractivity contribution in [3.8, 4) is 0 Å². The number of carbonyl (C=O) groups is 1. The number of rotatable bonds is 4. The molecule has 0 spiro atoms. The normalized spacial score (nSPS) is 24.9. The van der Waals surface area contributed by atoms with Gasteiger partial charge in [0.2, 0.25) is 5.91 Å². The fourth-order valence-corrected chi connectivity index (χ4v) is 2.72. The predicted octanol–water partition coefficient (Wildman–Crippen LogP) is 3.32. The van der Waals surface area contributed by atoms with Gasteiger partial charge in [0.15, 0.2) is 0 Å². The first-order chi connectivity index (χ1) is 7.24. The summed E-state index contributed by atoms with van der Waals surface area (Å²) in [4.78, 5) is 14.4. The number of hydrogen-bond donors (Lipinski definition) is 0. The fourth-order valence-electron chi connectivity index (χ4n) is 2.72. The number of hydrogen-bond acceptors (Lipinski definition) is 1. The Morgan fingerprint density at radius 2 is 1.81 bits per heavy atom. The molecule has 1 aliphatic rings. The van der Waals surface area contributed by atoms with Crippen LogP contribution in [-0.4, -0.2) is 23.4 Å². The zero-order chi connectivity index (χ0) is 12.5. The van der Waals surface area contributed by atoms with Crippen molar-refractivity contribution in [2.45, 2.75) is 60.4 Å². The SMILES string of the molecule is CC(C)C[C@H]1CC(C)(C)C(=O)N1CC(C)C. The molecule has 1 saturated heterocycles. The first-order valence-corrected chi connectivity index (χ1v) is 6.55. The van der Waals surface area contributed by atoms with Crippen molar-refractivity contribution in [1.82, 2.24) is 4.90 Å². The summed E-state index contributed by atoms with van der Waals surface area (Å²) in [6.45, 7) is 13.9. The zero-order valence-electron chi connectivity index (χ0n) is 11.7. The highest BCUT2D eigenvalue weighted by Crippen LogP contribution is 2.38. The van der Waals surface area contributed by atoms with Crippen molar-refractivity contribution in [1.29, 1.82) is 0 Å². The average Bonchev–Trinajstić information content (AvgIpc) is 2.27. The highest BCUT2D eigenvalue weighted by Gasteiger charge is 2.44. The van der Waals surface area contributed by atoms with Gasteiger partial charge in [-0.15, -0.1) is 0 Å². The molecular formula is C14H27NO. The molecule has 0 aromatic heterocycles. The molecule has 0 aliphatic carbocycles. The molecule has 0 aromatic carbocycles. The van der Waals surface area contributed by atoms with Crippen LogP contribution in [-0.2, 0) is 4.79 Å². The summed E-state index contributed by atoms with van der Waals surface area (Å²) in [6.07, 6.45) is 2.17. The van der Waals surface area contributed by atoms with Gasteiger partial charge in [0.05, 0.1) is 0 Å². The van der Waals surface area contributed by atoms with Crippen molar-refractivity contribution in [2.24, 2.45) is 17.3 Å². The maximum Gasteiger partial charge on any atom is 0.228 e. The fraction of sp³-hybridized carbons (Fsp3) is 0.929. The molecule has 0 N–H and O–H groups in total. The second-order valence-electron chi connectivity index (χ2n) is 6.72. The largest absolute Gasteiger partial charge is 0.339 e. The van der Waals surface area contributed by atoms with E-state index in [0.717, 1.165) is 19.4 Å². The van der Waals surface area contributed by atoms with Crippen molar-refractivity contribution in [2.75, 3.05) is 6.54 Å². The molecule has 1 aliphatic heterocycles. The average molecular weight is 225 g/mol. The Balaban J connectivity index is 2.77. The van der Waals surface area contributed by atoms with E-state index in [1.165, 1.54) is 0 Å². The predicted molar refractivity (Wildman–Crippen MR) is 68.2 cm³/mol. The van der Waals surface area contributed by atoms with E-state index in [0.29, 0.717) is 23.8 Å². The molecule has 2 heteroatoms. The molecule has 0 radical (unpaired) electrons. The van der Waals surface area contributed by atoms with Crippen molar-refractivity contribution >= 4 is 5.91 Å². The van der Waals surface area contributed by atoms with Gasteiger partial charge in [0.1, 0.15) is 0 Å². The molecule has 1 fully saturated rings. The number of nitrogens with zero attached hydrogens (tertiary/aromatic N) is 1. The Hall–Kier alpha value is -0.530. The van der Waals surface area contributed by atoms with Gasteiger partial charge in [-0.25, -0.2) is 0 Å². The molecule has 0 unspecified atom stereocenters. The molecule has 1 atom stereocenters. The Bertz CT molecular complexity index is 255. The van der Waals surface area contributed by atoms with Crippen LogP contribution < -0.4 is 0 Å². The molecule has 94 valence electrons. The summed E-state index contributed by atoms with van der Waals surface area (Å²) >= 11 is 0. The molecule has 0 saturated carbocycles. The molecule has 1 rings (SSSR count). The van der Waals surface area contributed by atoms with Crippen LogP contribution in [0.3, 0.4) is 0 Å². The Labute approximate surface area is 100 Å². The number of likely N-dealkylation sites (tertiary alicyclic amines) is 1. The van der Waals surface area contributed by atoms with E-state index < -0.39 is 0 Å². The molecule has 16 heavy (non-hydrogen) atoms. The Morgan fingerprint density at radius 1 is 1.25 bits per heavy atom. The maximum absolute atomic E-state index is 12.3. The van der Waals surface area contributed by atoms with E-state index in [1.807, 2.05) is 0 Å². The monoisotopic (exact) mass is 225 g/mol. The van der Waals surface area contributed by atoms with Crippen molar-refractivity contribution in [3.63, 3.8) is 0 Å². The molecule has 0 aromatic rings. The lowest BCUT2D eigenvalue weighted by molar-refractivity contribution is -0.136. The summed E-state index contributed by atoms with van der Waals surface area (Å²) < 4.78 is 0. The van der Waals surface area contributed by atoms with E-state index in [-0.39, 0.29) is 5.41 Å². The highest BCUT2D eigenvalue weighted by molar-refractivity contribution is 5.84. The van der Waals surface area contributed by atoms with Crippen LogP contribution in [0.25, 0.3) is 0 Å². The topological polar surface area (TPSA) is 20.3 Å². The molecule has 2 nitrogen and oxygen atoms in total. The van der Waals surface area contributed by atoms with Gasteiger partial charge in [-0.05, 0) is 24.7 Å². The lowest BCUT2D eigenvalue weighted by Crippen LogP contribution is -2.38. The third-order valence-corrected chi connectivity index (χ3v) is 3.33. The molecule has 0 bridgehead atoms. The molecular weight excluding hydrogens is 198 g/mol. The third-order valence-electron chi connectivity index (χ3n) is 3.33. The second-order valence-corrected chi connectivity index (χ2v) is 6.72. The van der Waals surface area contributed by atoms with Gasteiger partial charge in [0, 0.05) is 18.0 Å². The van der Waals surface area contributed by atoms with Crippen LogP contribution in [0.5, 0.6) is 0 Å². The van der Waals surface area contributed by atoms with Crippen LogP contribution in [0.2, 0.25) is 0 Å². The zero-order valence-corrected chi connectivity index (χ0v) is 11.7. The van der Waals surface area contributed by atoms with E-state index in [4.69, 9.17) is 0 Å². The second kappa shape index (κ2) is 4.77. The van der Waals surface area contributed by atoms with Gasteiger partial charge in [0.25, 0.3) is 0 Å². The van der Waals surface area contributed by atoms with Crippen molar-refractivity contribution < 1.29 is 4.79 Å². The highest BCUT2D eigenvalue weighted by atomic mass is 16.2. The molecule has 1 heterocycles. The summed E-state index contributed by atoms with van der Waals surface area (Å²) in [7, 11) is 0. The molecule has 1 amide bonds. The number of amides is 1. The van der Waals surface area contributed by atoms with Crippen LogP contribution >= 0.6 is 0 Å². The van der Waals surface area contributed by atoms with E-state index in [2.05, 4.69) is 46.4 Å². The third kappa shape index (κ3) is 2.99. The van der Waals surface area contributed by atoms with Gasteiger partial charge in [-0.2, -0.15) is 0 Å². The Morgan fingerprint density at radius 3 is 2.25 bits per heavy atom. The summed E-state index contributed by atoms with van der Waals surface area (Å²) in [5.74, 6) is 1.58. The minimum atomic E-state index is -0.144. The maximum atomic E-state index is 12.3. The van der Waals surface area contributed by atoms with E-state index in [9.17, 15) is 4.79 Å². The van der Waals surface area contributed by atoms with Gasteiger partial charge >= 0.3 is 0 Å². The van der Waals surface area contributed by atoms with Crippen LogP contribution in [0.1, 0.15) is 54.4 Å². The quantitative estimate of drug-likeness (QED) is 0.719. The van der Waals surface area contributed by atoms with Crippen LogP contribution in [0.15, 0.2) is 0 Å². The van der Waals surface area contributed by atoms with Gasteiger partial charge < -0.3 is 4.90 Å². The first kappa shape index (κ1) is 13.5. The Kier molecular flexibility index (Phi) is 4.03. The number of carbonyl (C=O) groups excluding carboxylic acids is 1. The van der Waals surface area contributed by atoms with E-state index >= 15 is 0 Å². The smallest absolute Gasteiger partial charge is 0.228 e. The van der Waals surface area contributed by atoms with E-state index in [1.54, 1.807) is 0 Å². The minimum Gasteiger partial charge on any atom is -0.339 e. The summed E-state index contributed by atoms with van der Waals surface area (Å²) in [5.41, 5.74) is -0.144. The van der Waals surface area contributed by atoms with Crippen LogP contribution in [0.4, 0.5) is 0 Å². The lowest BCUT2D eigenvalue weighted by Gasteiger charge is -2.27. The van der Waals surface area contributed by atoms with Gasteiger partial charge in [-0.3, -0.25) is 4.79 Å². The van der Waals surface area contributed by atoms with Crippen LogP contribution in [0, 0.1) is 17.3 Å². The van der Waals surface area contributed by atoms with Crippen molar-refractivity contribution in [3.05, 3.63) is 0 Å². The lowest BCUT2D eigenvalue weighted by atomic mass is 9.88. The standard InChI is InChI=1S/C14H27NO/c1-10(2)7-12-8-14(5,6)13(16)15(12)9-11(3)4/h10-12H,7-9H2,1-6H3/t12-/m0/s1. The minimum absolute atomic E-state index is 0.144. The summed E-state index contributed by atoms with van der Waals surface area (Å²) in [5, 5.41) is 0. The van der Waals surface area contributed by atoms with Gasteiger partial charge in [-0.1, -0.05) is 41.5 Å². The summed E-state index contributed by atoms with van der Waals surface area (Å²) in [6, 6.07) is 0.463. The first-order valence-electron chi connectivity index (χ1n) is 6.55.